The van der Waals surface area contributed by atoms with E-state index < -0.39 is 0 Å². The molecule has 2 N–H and O–H groups in total. The van der Waals surface area contributed by atoms with E-state index in [1.807, 2.05) is 12.3 Å². The fourth-order valence-corrected chi connectivity index (χ4v) is 2.30. The summed E-state index contributed by atoms with van der Waals surface area (Å²) in [7, 11) is 2.15. The second kappa shape index (κ2) is 6.93. The molecule has 0 unspecified atom stereocenters. The number of hydrogen-bond donors (Lipinski definition) is 2. The molecule has 7 heteroatoms. The van der Waals surface area contributed by atoms with Gasteiger partial charge in [0, 0.05) is 38.8 Å². The number of nitrogens with zero attached hydrogens (tertiary/aromatic N) is 4. The lowest BCUT2D eigenvalue weighted by Gasteiger charge is -2.32. The second-order valence-electron chi connectivity index (χ2n) is 4.56. The molecule has 0 amide bonds. The van der Waals surface area contributed by atoms with Crippen LogP contribution in [0.5, 0.6) is 0 Å². The Kier molecular flexibility index (Phi) is 5.24. The molecule has 0 aliphatic carbocycles. The minimum absolute atomic E-state index is 0.787. The molecule has 1 aliphatic heterocycles. The number of piperazine rings is 1. The third kappa shape index (κ3) is 4.22. The Morgan fingerprint density at radius 3 is 2.53 bits per heavy atom. The molecule has 1 aromatic rings. The molecule has 1 fully saturated rings. The standard InChI is InChI=1S/C12H22N6S/c1-4-13-10-9-11(15-12(14-10)19-3)16-18-7-5-17(2)6-8-18/h9H,4-8H2,1-3H3,(H2,13,14,15,16). The van der Waals surface area contributed by atoms with Crippen molar-refractivity contribution >= 4 is 23.4 Å². The maximum atomic E-state index is 4.49. The van der Waals surface area contributed by atoms with Gasteiger partial charge in [-0.25, -0.2) is 15.0 Å². The second-order valence-corrected chi connectivity index (χ2v) is 5.33. The predicted octanol–water partition coefficient (Wildman–Crippen LogP) is 1.20. The molecule has 1 aliphatic rings. The third-order valence-corrected chi connectivity index (χ3v) is 3.57. The van der Waals surface area contributed by atoms with Crippen molar-refractivity contribution in [3.63, 3.8) is 0 Å². The Labute approximate surface area is 118 Å². The first kappa shape index (κ1) is 14.4. The highest BCUT2D eigenvalue weighted by Gasteiger charge is 2.14. The van der Waals surface area contributed by atoms with E-state index in [1.54, 1.807) is 11.8 Å². The molecule has 0 aromatic carbocycles. The van der Waals surface area contributed by atoms with Gasteiger partial charge in [-0.05, 0) is 20.2 Å². The van der Waals surface area contributed by atoms with Crippen molar-refractivity contribution in [2.75, 3.05) is 56.8 Å². The number of hydrogen-bond acceptors (Lipinski definition) is 7. The number of thioether (sulfide) groups is 1. The van der Waals surface area contributed by atoms with Crippen molar-refractivity contribution in [3.8, 4) is 0 Å². The van der Waals surface area contributed by atoms with E-state index in [9.17, 15) is 0 Å². The van der Waals surface area contributed by atoms with Gasteiger partial charge in [0.2, 0.25) is 0 Å². The van der Waals surface area contributed by atoms with Crippen LogP contribution in [0, 0.1) is 0 Å². The topological polar surface area (TPSA) is 56.3 Å². The van der Waals surface area contributed by atoms with Gasteiger partial charge in [0.15, 0.2) is 5.16 Å². The lowest BCUT2D eigenvalue weighted by atomic mass is 10.4. The van der Waals surface area contributed by atoms with Gasteiger partial charge in [0.05, 0.1) is 0 Å². The zero-order chi connectivity index (χ0) is 13.7. The largest absolute Gasteiger partial charge is 0.370 e. The van der Waals surface area contributed by atoms with Crippen molar-refractivity contribution in [1.29, 1.82) is 0 Å². The third-order valence-electron chi connectivity index (χ3n) is 3.02. The van der Waals surface area contributed by atoms with Gasteiger partial charge in [0.1, 0.15) is 11.6 Å². The van der Waals surface area contributed by atoms with Gasteiger partial charge in [-0.2, -0.15) is 0 Å². The van der Waals surface area contributed by atoms with Gasteiger partial charge in [-0.1, -0.05) is 11.8 Å². The van der Waals surface area contributed by atoms with Crippen LogP contribution in [0.25, 0.3) is 0 Å². The van der Waals surface area contributed by atoms with E-state index in [2.05, 4.69) is 44.6 Å². The van der Waals surface area contributed by atoms with Crippen molar-refractivity contribution < 1.29 is 0 Å². The molecule has 1 saturated heterocycles. The summed E-state index contributed by atoms with van der Waals surface area (Å²) in [5.74, 6) is 1.73. The summed E-state index contributed by atoms with van der Waals surface area (Å²) in [4.78, 5) is 11.2. The van der Waals surface area contributed by atoms with Crippen LogP contribution in [0.1, 0.15) is 6.92 Å². The molecule has 19 heavy (non-hydrogen) atoms. The first-order valence-corrected chi connectivity index (χ1v) is 7.81. The van der Waals surface area contributed by atoms with E-state index in [0.29, 0.717) is 0 Å². The fourth-order valence-electron chi connectivity index (χ4n) is 1.93. The first-order valence-electron chi connectivity index (χ1n) is 6.58. The summed E-state index contributed by atoms with van der Waals surface area (Å²) >= 11 is 1.56. The molecule has 2 rings (SSSR count). The molecular formula is C12H22N6S. The monoisotopic (exact) mass is 282 g/mol. The molecule has 0 spiro atoms. The summed E-state index contributed by atoms with van der Waals surface area (Å²) in [6.45, 7) is 7.09. The Bertz CT molecular complexity index is 405. The smallest absolute Gasteiger partial charge is 0.191 e. The fraction of sp³-hybridized carbons (Fsp3) is 0.667. The highest BCUT2D eigenvalue weighted by atomic mass is 32.2. The van der Waals surface area contributed by atoms with Gasteiger partial charge in [0.25, 0.3) is 0 Å². The van der Waals surface area contributed by atoms with Crippen LogP contribution in [0.4, 0.5) is 11.6 Å². The summed E-state index contributed by atoms with van der Waals surface area (Å²) in [5.41, 5.74) is 3.38. The van der Waals surface area contributed by atoms with Crippen molar-refractivity contribution in [1.82, 2.24) is 19.9 Å². The molecule has 0 saturated carbocycles. The van der Waals surface area contributed by atoms with Gasteiger partial charge in [-0.3, -0.25) is 0 Å². The number of rotatable bonds is 5. The van der Waals surface area contributed by atoms with Crippen LogP contribution in [-0.2, 0) is 0 Å². The number of anilines is 2. The molecule has 0 radical (unpaired) electrons. The summed E-state index contributed by atoms with van der Waals surface area (Å²) < 4.78 is 0. The minimum atomic E-state index is 0.787. The molecule has 6 nitrogen and oxygen atoms in total. The van der Waals surface area contributed by atoms with Crippen molar-refractivity contribution in [2.24, 2.45) is 0 Å². The van der Waals surface area contributed by atoms with Crippen LogP contribution in [0.15, 0.2) is 11.2 Å². The van der Waals surface area contributed by atoms with Gasteiger partial charge >= 0.3 is 0 Å². The lowest BCUT2D eigenvalue weighted by molar-refractivity contribution is 0.178. The first-order chi connectivity index (χ1) is 9.21. The highest BCUT2D eigenvalue weighted by Crippen LogP contribution is 2.17. The Morgan fingerprint density at radius 1 is 1.21 bits per heavy atom. The van der Waals surface area contributed by atoms with Crippen molar-refractivity contribution in [2.45, 2.75) is 12.1 Å². The van der Waals surface area contributed by atoms with Crippen LogP contribution < -0.4 is 10.7 Å². The average Bonchev–Trinajstić information content (AvgIpc) is 2.41. The molecule has 2 heterocycles. The predicted molar refractivity (Wildman–Crippen MR) is 80.7 cm³/mol. The zero-order valence-corrected chi connectivity index (χ0v) is 12.6. The van der Waals surface area contributed by atoms with E-state index in [-0.39, 0.29) is 0 Å². The van der Waals surface area contributed by atoms with Crippen LogP contribution in [0.2, 0.25) is 0 Å². The van der Waals surface area contributed by atoms with E-state index in [1.165, 1.54) is 0 Å². The van der Waals surface area contributed by atoms with Crippen molar-refractivity contribution in [3.05, 3.63) is 6.07 Å². The zero-order valence-electron chi connectivity index (χ0n) is 11.8. The molecule has 106 valence electrons. The lowest BCUT2D eigenvalue weighted by Crippen LogP contribution is -2.47. The summed E-state index contributed by atoms with van der Waals surface area (Å²) in [6, 6.07) is 1.96. The minimum Gasteiger partial charge on any atom is -0.370 e. The Balaban J connectivity index is 2.04. The van der Waals surface area contributed by atoms with E-state index in [0.717, 1.165) is 49.5 Å². The normalized spacial score (nSPS) is 17.4. The summed E-state index contributed by atoms with van der Waals surface area (Å²) in [5, 5.41) is 6.23. The van der Waals surface area contributed by atoms with E-state index >= 15 is 0 Å². The molecule has 0 bridgehead atoms. The number of hydrazine groups is 1. The SMILES string of the molecule is CCNc1cc(NN2CCN(C)CC2)nc(SC)n1. The number of aromatic nitrogens is 2. The molecular weight excluding hydrogens is 260 g/mol. The molecule has 0 atom stereocenters. The van der Waals surface area contributed by atoms with Gasteiger partial charge in [-0.15, -0.1) is 0 Å². The highest BCUT2D eigenvalue weighted by molar-refractivity contribution is 7.98. The number of nitrogens with one attached hydrogen (secondary N) is 2. The summed E-state index contributed by atoms with van der Waals surface area (Å²) in [6.07, 6.45) is 1.99. The number of likely N-dealkylation sites (N-methyl/N-ethyl adjacent to an activating group) is 1. The van der Waals surface area contributed by atoms with Crippen LogP contribution in [-0.4, -0.2) is 65.9 Å². The average molecular weight is 282 g/mol. The van der Waals surface area contributed by atoms with Crippen LogP contribution >= 0.6 is 11.8 Å². The Hall–Kier alpha value is -1.05. The molecule has 1 aromatic heterocycles. The quantitative estimate of drug-likeness (QED) is 0.622. The van der Waals surface area contributed by atoms with Crippen LogP contribution in [0.3, 0.4) is 0 Å². The maximum Gasteiger partial charge on any atom is 0.191 e. The maximum absolute atomic E-state index is 4.49. The van der Waals surface area contributed by atoms with E-state index in [4.69, 9.17) is 0 Å². The Morgan fingerprint density at radius 2 is 1.89 bits per heavy atom. The van der Waals surface area contributed by atoms with Gasteiger partial charge < -0.3 is 15.6 Å².